The maximum Gasteiger partial charge on any atom is 0.308 e. The van der Waals surface area contributed by atoms with Crippen molar-refractivity contribution in [2.24, 2.45) is 0 Å². The average Bonchev–Trinajstić information content (AvgIpc) is 3.81. The lowest BCUT2D eigenvalue weighted by Crippen LogP contribution is -2.09. The van der Waals surface area contributed by atoms with Gasteiger partial charge < -0.3 is 14.2 Å². The molecule has 47 heavy (non-hydrogen) atoms. The van der Waals surface area contributed by atoms with Crippen molar-refractivity contribution in [3.8, 4) is 0 Å². The molecule has 1 saturated heterocycles. The summed E-state index contributed by atoms with van der Waals surface area (Å²) in [6.07, 6.45) is 45.3. The van der Waals surface area contributed by atoms with E-state index in [1.807, 2.05) is 0 Å². The van der Waals surface area contributed by atoms with Crippen LogP contribution in [0.5, 0.6) is 0 Å². The van der Waals surface area contributed by atoms with E-state index in [4.69, 9.17) is 14.2 Å². The van der Waals surface area contributed by atoms with Crippen molar-refractivity contribution in [2.45, 2.75) is 225 Å². The third kappa shape index (κ3) is 31.4. The third-order valence-corrected chi connectivity index (χ3v) is 9.21. The second-order valence-electron chi connectivity index (χ2n) is 13.9. The fourth-order valence-electron chi connectivity index (χ4n) is 6.01. The molecule has 0 spiro atoms. The molecule has 2 unspecified atom stereocenters. The number of ether oxygens (including phenoxy) is 3. The van der Waals surface area contributed by atoms with Crippen molar-refractivity contribution < 1.29 is 23.8 Å². The molecule has 0 aromatic carbocycles. The Bertz CT molecular complexity index is 760. The molecule has 2 atom stereocenters. The van der Waals surface area contributed by atoms with Crippen molar-refractivity contribution in [2.75, 3.05) is 6.61 Å². The van der Waals surface area contributed by atoms with Crippen LogP contribution in [0.3, 0.4) is 0 Å². The molecule has 1 aliphatic rings. The minimum absolute atomic E-state index is 0.0135. The minimum atomic E-state index is -0.366. The smallest absolute Gasteiger partial charge is 0.308 e. The van der Waals surface area contributed by atoms with Crippen LogP contribution < -0.4 is 0 Å². The molecule has 0 radical (unpaired) electrons. The van der Waals surface area contributed by atoms with Crippen LogP contribution in [0.1, 0.15) is 213 Å². The summed E-state index contributed by atoms with van der Waals surface area (Å²) in [5.41, 5.74) is 0. The summed E-state index contributed by atoms with van der Waals surface area (Å²) < 4.78 is 16.4. The fraction of sp³-hybridized carbons (Fsp3) is 0.857. The molecule has 5 heteroatoms. The Balaban J connectivity index is 1.79. The predicted molar refractivity (Wildman–Crippen MR) is 198 cm³/mol. The van der Waals surface area contributed by atoms with E-state index in [1.54, 1.807) is 0 Å². The topological polar surface area (TPSA) is 65.1 Å². The molecule has 0 amide bonds. The first-order valence-corrected chi connectivity index (χ1v) is 20.5. The molecule has 0 N–H and O–H groups in total. The van der Waals surface area contributed by atoms with E-state index in [2.05, 4.69) is 38.2 Å². The first kappa shape index (κ1) is 43.4. The molecule has 1 rings (SSSR count). The Kier molecular flexibility index (Phi) is 31.6. The number of rotatable bonds is 36. The predicted octanol–water partition coefficient (Wildman–Crippen LogP) is 13.0. The maximum atomic E-state index is 12.1. The minimum Gasteiger partial charge on any atom is -0.466 e. The summed E-state index contributed by atoms with van der Waals surface area (Å²) in [4.78, 5) is 24.1. The number of hydrogen-bond donors (Lipinski definition) is 0. The van der Waals surface area contributed by atoms with Gasteiger partial charge in [0.05, 0.1) is 6.61 Å². The molecule has 0 aromatic heterocycles. The van der Waals surface area contributed by atoms with Gasteiger partial charge in [-0.1, -0.05) is 141 Å². The Morgan fingerprint density at radius 1 is 0.489 bits per heavy atom. The van der Waals surface area contributed by atoms with Gasteiger partial charge in [0, 0.05) is 12.8 Å². The lowest BCUT2D eigenvalue weighted by atomic mass is 10.1. The summed E-state index contributed by atoms with van der Waals surface area (Å²) in [6, 6.07) is 0. The van der Waals surface area contributed by atoms with Crippen molar-refractivity contribution in [1.29, 1.82) is 0 Å². The zero-order valence-corrected chi connectivity index (χ0v) is 31.1. The van der Waals surface area contributed by atoms with E-state index in [1.165, 1.54) is 141 Å². The average molecular weight is 661 g/mol. The quantitative estimate of drug-likeness (QED) is 0.0289. The lowest BCUT2D eigenvalue weighted by Gasteiger charge is -2.05. The van der Waals surface area contributed by atoms with E-state index in [0.717, 1.165) is 44.9 Å². The first-order chi connectivity index (χ1) is 23.2. The van der Waals surface area contributed by atoms with Crippen LogP contribution in [0.25, 0.3) is 0 Å². The Labute approximate surface area is 291 Å². The molecule has 274 valence electrons. The van der Waals surface area contributed by atoms with Crippen LogP contribution in [0.4, 0.5) is 0 Å². The second-order valence-corrected chi connectivity index (χ2v) is 13.9. The number of carbonyl (C=O) groups excluding carboxylic acids is 2. The zero-order chi connectivity index (χ0) is 33.9. The zero-order valence-electron chi connectivity index (χ0n) is 31.1. The van der Waals surface area contributed by atoms with Gasteiger partial charge in [-0.05, 0) is 83.5 Å². The summed E-state index contributed by atoms with van der Waals surface area (Å²) in [5, 5.41) is 0. The van der Waals surface area contributed by atoms with E-state index >= 15 is 0 Å². The fourth-order valence-corrected chi connectivity index (χ4v) is 6.01. The van der Waals surface area contributed by atoms with Gasteiger partial charge >= 0.3 is 11.9 Å². The number of epoxide rings is 1. The van der Waals surface area contributed by atoms with Crippen molar-refractivity contribution in [3.63, 3.8) is 0 Å². The molecule has 0 aliphatic carbocycles. The molecular formula is C42H76O5. The normalized spacial score (nSPS) is 16.0. The van der Waals surface area contributed by atoms with Gasteiger partial charge in [0.2, 0.25) is 6.29 Å². The van der Waals surface area contributed by atoms with E-state index in [-0.39, 0.29) is 24.3 Å². The van der Waals surface area contributed by atoms with E-state index in [9.17, 15) is 9.59 Å². The highest BCUT2D eigenvalue weighted by molar-refractivity contribution is 5.69. The van der Waals surface area contributed by atoms with Gasteiger partial charge in [-0.3, -0.25) is 9.59 Å². The number of unbranched alkanes of at least 4 members (excludes halogenated alkanes) is 23. The highest BCUT2D eigenvalue weighted by Crippen LogP contribution is 2.29. The van der Waals surface area contributed by atoms with Gasteiger partial charge in [-0.2, -0.15) is 0 Å². The first-order valence-electron chi connectivity index (χ1n) is 20.5. The molecule has 0 bridgehead atoms. The number of hydrogen-bond acceptors (Lipinski definition) is 5. The summed E-state index contributed by atoms with van der Waals surface area (Å²) in [6.45, 7) is 5.00. The SMILES string of the molecule is CCCCCCCC/C=C\CCCCCCCC(=O)OCCCCC1OC1OC(=O)CCCCCCC/C=C\CCCCCCCC. The molecule has 1 heterocycles. The van der Waals surface area contributed by atoms with Gasteiger partial charge in [-0.25, -0.2) is 0 Å². The standard InChI is InChI=1S/C42H76O5/c1-3-5-7-9-11-13-15-17-19-21-23-25-27-29-31-36-40(43)45-38-34-33-35-39-42(46-39)47-41(44)37-32-30-28-26-24-22-20-18-16-14-12-10-8-6-4-2/h17-20,39,42H,3-16,21-38H2,1-2H3/b19-17-,20-18-. The van der Waals surface area contributed by atoms with Crippen LogP contribution in [0.15, 0.2) is 24.3 Å². The third-order valence-electron chi connectivity index (χ3n) is 9.21. The Hall–Kier alpha value is -1.62. The Morgan fingerprint density at radius 3 is 1.36 bits per heavy atom. The summed E-state index contributed by atoms with van der Waals surface area (Å²) in [7, 11) is 0. The van der Waals surface area contributed by atoms with E-state index in [0.29, 0.717) is 19.4 Å². The molecule has 0 saturated carbocycles. The lowest BCUT2D eigenvalue weighted by molar-refractivity contribution is -0.148. The number of esters is 2. The molecule has 1 aliphatic heterocycles. The molecular weight excluding hydrogens is 584 g/mol. The highest BCUT2D eigenvalue weighted by Gasteiger charge is 2.41. The van der Waals surface area contributed by atoms with E-state index < -0.39 is 0 Å². The molecule has 0 aromatic rings. The molecule has 5 nitrogen and oxygen atoms in total. The molecule has 1 fully saturated rings. The van der Waals surface area contributed by atoms with Crippen LogP contribution in [0, 0.1) is 0 Å². The van der Waals surface area contributed by atoms with Gasteiger partial charge in [0.1, 0.15) is 6.10 Å². The maximum absolute atomic E-state index is 12.1. The largest absolute Gasteiger partial charge is 0.466 e. The number of carbonyl (C=O) groups is 2. The summed E-state index contributed by atoms with van der Waals surface area (Å²) in [5.74, 6) is -0.215. The van der Waals surface area contributed by atoms with Gasteiger partial charge in [0.15, 0.2) is 0 Å². The van der Waals surface area contributed by atoms with Gasteiger partial charge in [-0.15, -0.1) is 0 Å². The van der Waals surface area contributed by atoms with Crippen molar-refractivity contribution >= 4 is 11.9 Å². The van der Waals surface area contributed by atoms with Crippen molar-refractivity contribution in [1.82, 2.24) is 0 Å². The summed E-state index contributed by atoms with van der Waals surface area (Å²) >= 11 is 0. The second kappa shape index (κ2) is 34.3. The van der Waals surface area contributed by atoms with Crippen LogP contribution in [-0.4, -0.2) is 30.9 Å². The van der Waals surface area contributed by atoms with Crippen LogP contribution >= 0.6 is 0 Å². The Morgan fingerprint density at radius 2 is 0.894 bits per heavy atom. The van der Waals surface area contributed by atoms with Gasteiger partial charge in [0.25, 0.3) is 0 Å². The number of allylic oxidation sites excluding steroid dienone is 4. The van der Waals surface area contributed by atoms with Crippen LogP contribution in [0.2, 0.25) is 0 Å². The highest BCUT2D eigenvalue weighted by atomic mass is 16.8. The monoisotopic (exact) mass is 661 g/mol. The van der Waals surface area contributed by atoms with Crippen LogP contribution in [-0.2, 0) is 23.8 Å². The van der Waals surface area contributed by atoms with Crippen molar-refractivity contribution in [3.05, 3.63) is 24.3 Å².